The van der Waals surface area contributed by atoms with Crippen molar-refractivity contribution in [3.05, 3.63) is 0 Å². The lowest BCUT2D eigenvalue weighted by Crippen LogP contribution is -2.04. The minimum atomic E-state index is 0.241. The van der Waals surface area contributed by atoms with Gasteiger partial charge in [0.15, 0.2) is 0 Å². The average Bonchev–Trinajstić information content (AvgIpc) is 2.76. The van der Waals surface area contributed by atoms with Crippen LogP contribution in [-0.4, -0.2) is 35.9 Å². The molecule has 0 spiro atoms. The van der Waals surface area contributed by atoms with Gasteiger partial charge in [-0.3, -0.25) is 0 Å². The molecular weight excluding hydrogens is 276 g/mol. The molecular formula is C8H12N6S3. The second kappa shape index (κ2) is 7.58. The summed E-state index contributed by atoms with van der Waals surface area (Å²) in [5, 5.41) is 21.5. The molecule has 0 fully saturated rings. The van der Waals surface area contributed by atoms with Crippen LogP contribution in [0.15, 0.2) is 10.1 Å². The first-order valence-electron chi connectivity index (χ1n) is 4.73. The molecule has 92 valence electrons. The van der Waals surface area contributed by atoms with Crippen LogP contribution < -0.4 is 0 Å². The molecule has 6 nitrogen and oxygen atoms in total. The maximum atomic E-state index is 8.46. The Kier molecular flexibility index (Phi) is 6.39. The number of tetrazole rings is 1. The molecule has 0 atom stereocenters. The van der Waals surface area contributed by atoms with E-state index in [2.05, 4.69) is 20.5 Å². The van der Waals surface area contributed by atoms with Gasteiger partial charge < -0.3 is 0 Å². The highest BCUT2D eigenvalue weighted by molar-refractivity contribution is 8.41. The topological polar surface area (TPSA) is 79.8 Å². The first-order chi connectivity index (χ1) is 8.19. The highest BCUT2D eigenvalue weighted by Gasteiger charge is 2.10. The number of thioether (sulfide) groups is 3. The van der Waals surface area contributed by atoms with Crippen LogP contribution in [0.5, 0.6) is 0 Å². The highest BCUT2D eigenvalue weighted by Crippen LogP contribution is 2.25. The van der Waals surface area contributed by atoms with E-state index in [9.17, 15) is 0 Å². The summed E-state index contributed by atoms with van der Waals surface area (Å²) in [6, 6.07) is 0.241. The Hall–Kier alpha value is -0.720. The van der Waals surface area contributed by atoms with Crippen molar-refractivity contribution in [3.63, 3.8) is 0 Å². The van der Waals surface area contributed by atoms with Gasteiger partial charge in [-0.15, -0.1) is 16.9 Å². The molecule has 0 aliphatic carbocycles. The molecule has 0 N–H and O–H groups in total. The monoisotopic (exact) mass is 288 g/mol. The van der Waals surface area contributed by atoms with Crippen LogP contribution in [0.25, 0.3) is 0 Å². The Balaban J connectivity index is 2.49. The lowest BCUT2D eigenvalue weighted by Gasteiger charge is -2.06. The molecule has 9 heteroatoms. The van der Waals surface area contributed by atoms with Crippen molar-refractivity contribution in [3.8, 4) is 6.19 Å². The molecule has 1 heterocycles. The summed E-state index contributed by atoms with van der Waals surface area (Å²) in [5.74, 6) is 0. The largest absolute Gasteiger partial charge is 0.218 e. The van der Waals surface area contributed by atoms with Crippen molar-refractivity contribution in [1.82, 2.24) is 20.2 Å². The number of hydrogen-bond acceptors (Lipinski definition) is 8. The average molecular weight is 288 g/mol. The van der Waals surface area contributed by atoms with E-state index in [4.69, 9.17) is 5.26 Å². The predicted molar refractivity (Wildman–Crippen MR) is 73.1 cm³/mol. The summed E-state index contributed by atoms with van der Waals surface area (Å²) in [7, 11) is 0. The summed E-state index contributed by atoms with van der Waals surface area (Å²) in [4.78, 5) is 3.70. The Morgan fingerprint density at radius 2 is 2.35 bits per heavy atom. The van der Waals surface area contributed by atoms with Crippen LogP contribution in [0, 0.1) is 11.5 Å². The lowest BCUT2D eigenvalue weighted by molar-refractivity contribution is 0.477. The zero-order valence-corrected chi connectivity index (χ0v) is 12.1. The van der Waals surface area contributed by atoms with Crippen LogP contribution in [0.4, 0.5) is 0 Å². The molecule has 0 radical (unpaired) electrons. The summed E-state index contributed by atoms with van der Waals surface area (Å²) in [6.07, 6.45) is 3.68. The second-order valence-corrected chi connectivity index (χ2v) is 6.41. The van der Waals surface area contributed by atoms with Gasteiger partial charge in [-0.25, -0.2) is 4.68 Å². The van der Waals surface area contributed by atoms with Crippen molar-refractivity contribution >= 4 is 39.7 Å². The molecule has 0 aliphatic rings. The van der Waals surface area contributed by atoms with Gasteiger partial charge in [-0.2, -0.15) is 10.3 Å². The summed E-state index contributed by atoms with van der Waals surface area (Å²) < 4.78 is 2.52. The number of nitriles is 1. The smallest absolute Gasteiger partial charge is 0.210 e. The Morgan fingerprint density at radius 3 is 2.94 bits per heavy atom. The molecule has 0 aliphatic heterocycles. The zero-order chi connectivity index (χ0) is 12.7. The second-order valence-electron chi connectivity index (χ2n) is 3.09. The van der Waals surface area contributed by atoms with Gasteiger partial charge in [-0.1, -0.05) is 23.5 Å². The van der Waals surface area contributed by atoms with E-state index in [0.29, 0.717) is 0 Å². The summed E-state index contributed by atoms with van der Waals surface area (Å²) >= 11 is 4.51. The van der Waals surface area contributed by atoms with E-state index < -0.39 is 0 Å². The van der Waals surface area contributed by atoms with Gasteiger partial charge in [0.2, 0.25) is 11.3 Å². The van der Waals surface area contributed by atoms with Crippen LogP contribution in [-0.2, 0) is 0 Å². The normalized spacial score (nSPS) is 11.8. The number of hydrogen-bond donors (Lipinski definition) is 0. The van der Waals surface area contributed by atoms with E-state index in [-0.39, 0.29) is 6.04 Å². The molecule has 17 heavy (non-hydrogen) atoms. The van der Waals surface area contributed by atoms with E-state index in [1.165, 1.54) is 35.3 Å². The van der Waals surface area contributed by atoms with E-state index >= 15 is 0 Å². The van der Waals surface area contributed by atoms with Crippen LogP contribution in [0.2, 0.25) is 0 Å². The predicted octanol–water partition coefficient (Wildman–Crippen LogP) is 2.24. The number of aliphatic imine (C=N–C) groups is 1. The molecule has 0 bridgehead atoms. The Morgan fingerprint density at radius 1 is 1.59 bits per heavy atom. The van der Waals surface area contributed by atoms with Gasteiger partial charge in [0.1, 0.15) is 4.38 Å². The Labute approximate surface area is 113 Å². The van der Waals surface area contributed by atoms with Crippen molar-refractivity contribution in [2.24, 2.45) is 4.99 Å². The van der Waals surface area contributed by atoms with Crippen LogP contribution in [0.3, 0.4) is 0 Å². The maximum Gasteiger partial charge on any atom is 0.210 e. The maximum absolute atomic E-state index is 8.46. The zero-order valence-electron chi connectivity index (χ0n) is 9.69. The first kappa shape index (κ1) is 14.3. The minimum Gasteiger partial charge on any atom is -0.218 e. The number of aromatic nitrogens is 4. The van der Waals surface area contributed by atoms with Crippen LogP contribution >= 0.6 is 35.3 Å². The molecule has 0 saturated carbocycles. The molecule has 1 aromatic heterocycles. The number of nitrogens with zero attached hydrogens (tertiary/aromatic N) is 6. The molecule has 0 saturated heterocycles. The van der Waals surface area contributed by atoms with Crippen molar-refractivity contribution in [2.75, 3.05) is 11.3 Å². The van der Waals surface area contributed by atoms with Gasteiger partial charge in [0, 0.05) is 0 Å². The van der Waals surface area contributed by atoms with Gasteiger partial charge in [0.05, 0.1) is 11.1 Å². The van der Waals surface area contributed by atoms with Gasteiger partial charge in [0.25, 0.3) is 0 Å². The molecule has 0 aromatic carbocycles. The third kappa shape index (κ3) is 4.57. The van der Waals surface area contributed by atoms with Crippen molar-refractivity contribution in [2.45, 2.75) is 25.0 Å². The van der Waals surface area contributed by atoms with Gasteiger partial charge >= 0.3 is 0 Å². The molecule has 0 amide bonds. The summed E-state index contributed by atoms with van der Waals surface area (Å²) in [6.45, 7) is 4.05. The van der Waals surface area contributed by atoms with E-state index in [0.717, 1.165) is 14.6 Å². The fourth-order valence-electron chi connectivity index (χ4n) is 0.915. The SMILES string of the molecule is CSC(=NC#N)SCSc1nnnn1C(C)C. The van der Waals surface area contributed by atoms with Crippen LogP contribution in [0.1, 0.15) is 19.9 Å². The van der Waals surface area contributed by atoms with Crippen molar-refractivity contribution in [1.29, 1.82) is 5.26 Å². The fraction of sp³-hybridized carbons (Fsp3) is 0.625. The summed E-state index contributed by atoms with van der Waals surface area (Å²) in [5.41, 5.74) is 0. The Bertz CT molecular complexity index is 421. The standard InChI is InChI=1S/C8H12N6S3/c1-6(2)14-7(11-12-13-14)16-5-17-8(15-3)10-4-9/h6H,5H2,1-3H3. The number of rotatable bonds is 4. The third-order valence-corrected chi connectivity index (χ3v) is 4.74. The van der Waals surface area contributed by atoms with E-state index in [1.807, 2.05) is 20.1 Å². The molecule has 1 rings (SSSR count). The molecule has 0 unspecified atom stereocenters. The quantitative estimate of drug-likeness (QED) is 0.276. The first-order valence-corrected chi connectivity index (χ1v) is 7.92. The van der Waals surface area contributed by atoms with Crippen molar-refractivity contribution < 1.29 is 0 Å². The lowest BCUT2D eigenvalue weighted by atomic mass is 10.4. The minimum absolute atomic E-state index is 0.241. The van der Waals surface area contributed by atoms with Gasteiger partial charge in [-0.05, 0) is 30.5 Å². The highest BCUT2D eigenvalue weighted by atomic mass is 32.2. The molecule has 1 aromatic rings. The van der Waals surface area contributed by atoms with E-state index in [1.54, 1.807) is 10.9 Å². The fourth-order valence-corrected chi connectivity index (χ4v) is 3.59. The third-order valence-electron chi connectivity index (χ3n) is 1.64.